The topological polar surface area (TPSA) is 118 Å². The predicted octanol–water partition coefficient (Wildman–Crippen LogP) is 4.44. The molecule has 4 aromatic rings. The Balaban J connectivity index is 1.52. The minimum Gasteiger partial charge on any atom is -0.491 e. The van der Waals surface area contributed by atoms with Crippen molar-refractivity contribution < 1.29 is 19.4 Å². The number of aryl methyl sites for hydroxylation is 2. The van der Waals surface area contributed by atoms with Crippen LogP contribution in [0.3, 0.4) is 0 Å². The molecule has 4 rings (SSSR count). The number of ether oxygens (including phenoxy) is 2. The number of hydrogen-bond acceptors (Lipinski definition) is 8. The van der Waals surface area contributed by atoms with Gasteiger partial charge in [-0.05, 0) is 68.8 Å². The van der Waals surface area contributed by atoms with Crippen LogP contribution in [0.1, 0.15) is 24.6 Å². The van der Waals surface area contributed by atoms with E-state index >= 15 is 0 Å². The van der Waals surface area contributed by atoms with E-state index in [-0.39, 0.29) is 31.6 Å². The van der Waals surface area contributed by atoms with E-state index in [1.54, 1.807) is 6.20 Å². The second kappa shape index (κ2) is 11.5. The molecular weight excluding hydrogens is 458 g/mol. The van der Waals surface area contributed by atoms with Crippen molar-refractivity contribution in [1.29, 1.82) is 0 Å². The maximum absolute atomic E-state index is 11.7. The fourth-order valence-electron chi connectivity index (χ4n) is 3.62. The Morgan fingerprint density at radius 3 is 2.67 bits per heavy atom. The first kappa shape index (κ1) is 24.9. The zero-order valence-corrected chi connectivity index (χ0v) is 20.5. The average Bonchev–Trinajstić information content (AvgIpc) is 2.86. The van der Waals surface area contributed by atoms with E-state index in [0.29, 0.717) is 17.3 Å². The van der Waals surface area contributed by atoms with Crippen LogP contribution in [0.4, 0.5) is 11.5 Å². The molecule has 9 heteroatoms. The molecule has 36 heavy (non-hydrogen) atoms. The molecule has 2 aromatic heterocycles. The lowest BCUT2D eigenvalue weighted by Crippen LogP contribution is -2.37. The SMILES string of the molecule is Cc1ccc(Oc2ccc(Nc3ncnc4cccc(OC[C@H](C)NC(=O)CCO)c34)cc2C)cn1. The third-order valence-electron chi connectivity index (χ3n) is 5.41. The number of carbonyl (C=O) groups excluding carboxylic acids is 1. The van der Waals surface area contributed by atoms with Crippen molar-refractivity contribution >= 4 is 28.3 Å². The molecule has 186 valence electrons. The standard InChI is InChI=1S/C27H29N5O4/c1-17-13-20(8-10-23(17)36-21-9-7-18(2)28-14-21)32-27-26-22(29-16-30-27)5-4-6-24(26)35-15-19(3)31-25(34)11-12-33/h4-10,13-14,16,19,33H,11-12,15H2,1-3H3,(H,31,34)(H,29,30,32)/t19-/m0/s1. The molecule has 0 fully saturated rings. The van der Waals surface area contributed by atoms with Gasteiger partial charge in [0, 0.05) is 17.8 Å². The minimum atomic E-state index is -0.237. The number of hydrogen-bond donors (Lipinski definition) is 3. The van der Waals surface area contributed by atoms with Gasteiger partial charge in [0.25, 0.3) is 0 Å². The maximum Gasteiger partial charge on any atom is 0.222 e. The highest BCUT2D eigenvalue weighted by molar-refractivity contribution is 5.95. The zero-order valence-electron chi connectivity index (χ0n) is 20.5. The highest BCUT2D eigenvalue weighted by Crippen LogP contribution is 2.33. The van der Waals surface area contributed by atoms with Gasteiger partial charge in [-0.1, -0.05) is 6.07 Å². The normalized spacial score (nSPS) is 11.7. The number of nitrogens with one attached hydrogen (secondary N) is 2. The second-order valence-corrected chi connectivity index (χ2v) is 8.47. The van der Waals surface area contributed by atoms with Crippen molar-refractivity contribution in [3.05, 3.63) is 72.3 Å². The lowest BCUT2D eigenvalue weighted by atomic mass is 10.1. The van der Waals surface area contributed by atoms with Crippen LogP contribution in [0.25, 0.3) is 10.9 Å². The van der Waals surface area contributed by atoms with Gasteiger partial charge in [-0.2, -0.15) is 0 Å². The predicted molar refractivity (Wildman–Crippen MR) is 138 cm³/mol. The Kier molecular flexibility index (Phi) is 7.92. The van der Waals surface area contributed by atoms with Crippen LogP contribution in [-0.4, -0.2) is 45.2 Å². The first-order valence-electron chi connectivity index (χ1n) is 11.7. The van der Waals surface area contributed by atoms with Gasteiger partial charge < -0.3 is 25.2 Å². The molecule has 0 aliphatic heterocycles. The third kappa shape index (κ3) is 6.25. The van der Waals surface area contributed by atoms with E-state index in [1.807, 2.05) is 69.3 Å². The number of pyridine rings is 1. The number of amides is 1. The number of anilines is 2. The molecule has 0 radical (unpaired) electrons. The molecule has 1 atom stereocenters. The molecule has 1 amide bonds. The summed E-state index contributed by atoms with van der Waals surface area (Å²) in [5.74, 6) is 2.39. The van der Waals surface area contributed by atoms with Crippen LogP contribution < -0.4 is 20.1 Å². The van der Waals surface area contributed by atoms with Crippen molar-refractivity contribution in [3.8, 4) is 17.2 Å². The summed E-state index contributed by atoms with van der Waals surface area (Å²) in [6, 6.07) is 14.9. The zero-order chi connectivity index (χ0) is 25.5. The van der Waals surface area contributed by atoms with E-state index in [2.05, 4.69) is 25.6 Å². The van der Waals surface area contributed by atoms with Gasteiger partial charge >= 0.3 is 0 Å². The van der Waals surface area contributed by atoms with E-state index in [4.69, 9.17) is 14.6 Å². The number of aliphatic hydroxyl groups is 1. The number of nitrogens with zero attached hydrogens (tertiary/aromatic N) is 3. The molecule has 0 unspecified atom stereocenters. The van der Waals surface area contributed by atoms with Gasteiger partial charge in [-0.3, -0.25) is 9.78 Å². The van der Waals surface area contributed by atoms with Crippen LogP contribution in [0.15, 0.2) is 61.1 Å². The fraction of sp³-hybridized carbons (Fsp3) is 0.259. The molecule has 0 spiro atoms. The highest BCUT2D eigenvalue weighted by Gasteiger charge is 2.14. The van der Waals surface area contributed by atoms with Crippen LogP contribution in [0.2, 0.25) is 0 Å². The van der Waals surface area contributed by atoms with Gasteiger partial charge in [0.05, 0.1) is 29.7 Å². The highest BCUT2D eigenvalue weighted by atomic mass is 16.5. The Morgan fingerprint density at radius 2 is 1.92 bits per heavy atom. The maximum atomic E-state index is 11.7. The summed E-state index contributed by atoms with van der Waals surface area (Å²) in [7, 11) is 0. The Morgan fingerprint density at radius 1 is 1.06 bits per heavy atom. The van der Waals surface area contributed by atoms with Gasteiger partial charge in [0.2, 0.25) is 5.91 Å². The lowest BCUT2D eigenvalue weighted by molar-refractivity contribution is -0.122. The number of carbonyl (C=O) groups is 1. The van der Waals surface area contributed by atoms with Gasteiger partial charge in [0.1, 0.15) is 36.0 Å². The van der Waals surface area contributed by atoms with Crippen LogP contribution in [0.5, 0.6) is 17.2 Å². The first-order valence-corrected chi connectivity index (χ1v) is 11.7. The number of aliphatic hydroxyl groups excluding tert-OH is 1. The van der Waals surface area contributed by atoms with Crippen LogP contribution in [-0.2, 0) is 4.79 Å². The molecule has 2 aromatic carbocycles. The molecule has 0 bridgehead atoms. The Hall–Kier alpha value is -4.24. The molecular formula is C27H29N5O4. The Bertz CT molecular complexity index is 1340. The minimum absolute atomic E-state index is 0.0612. The van der Waals surface area contributed by atoms with Crippen LogP contribution >= 0.6 is 0 Å². The fourth-order valence-corrected chi connectivity index (χ4v) is 3.62. The summed E-state index contributed by atoms with van der Waals surface area (Å²) in [5.41, 5.74) is 3.44. The molecule has 0 aliphatic rings. The summed E-state index contributed by atoms with van der Waals surface area (Å²) in [6.45, 7) is 5.81. The van der Waals surface area contributed by atoms with E-state index in [1.165, 1.54) is 6.33 Å². The largest absolute Gasteiger partial charge is 0.491 e. The molecule has 0 saturated carbocycles. The van der Waals surface area contributed by atoms with E-state index in [9.17, 15) is 4.79 Å². The molecule has 3 N–H and O–H groups in total. The van der Waals surface area contributed by atoms with Gasteiger partial charge in [-0.25, -0.2) is 9.97 Å². The van der Waals surface area contributed by atoms with E-state index in [0.717, 1.165) is 33.6 Å². The number of benzene rings is 2. The van der Waals surface area contributed by atoms with Crippen molar-refractivity contribution in [2.24, 2.45) is 0 Å². The van der Waals surface area contributed by atoms with Gasteiger partial charge in [0.15, 0.2) is 0 Å². The number of rotatable bonds is 10. The average molecular weight is 488 g/mol. The second-order valence-electron chi connectivity index (χ2n) is 8.47. The summed E-state index contributed by atoms with van der Waals surface area (Å²) < 4.78 is 12.0. The Labute approximate surface area is 209 Å². The summed E-state index contributed by atoms with van der Waals surface area (Å²) >= 11 is 0. The van der Waals surface area contributed by atoms with Crippen molar-refractivity contribution in [3.63, 3.8) is 0 Å². The molecule has 2 heterocycles. The summed E-state index contributed by atoms with van der Waals surface area (Å²) in [5, 5.41) is 15.8. The number of aromatic nitrogens is 3. The molecule has 0 saturated heterocycles. The smallest absolute Gasteiger partial charge is 0.222 e. The van der Waals surface area contributed by atoms with E-state index < -0.39 is 0 Å². The summed E-state index contributed by atoms with van der Waals surface area (Å²) in [6.07, 6.45) is 3.26. The van der Waals surface area contributed by atoms with Gasteiger partial charge in [-0.15, -0.1) is 0 Å². The monoisotopic (exact) mass is 487 g/mol. The molecule has 9 nitrogen and oxygen atoms in total. The van der Waals surface area contributed by atoms with Crippen LogP contribution in [0, 0.1) is 13.8 Å². The summed E-state index contributed by atoms with van der Waals surface area (Å²) in [4.78, 5) is 24.8. The lowest BCUT2D eigenvalue weighted by Gasteiger charge is -2.17. The molecule has 0 aliphatic carbocycles. The van der Waals surface area contributed by atoms with Crippen molar-refractivity contribution in [2.45, 2.75) is 33.2 Å². The van der Waals surface area contributed by atoms with Crippen molar-refractivity contribution in [1.82, 2.24) is 20.3 Å². The number of fused-ring (bicyclic) bond motifs is 1. The van der Waals surface area contributed by atoms with Crippen molar-refractivity contribution in [2.75, 3.05) is 18.5 Å². The quantitative estimate of drug-likeness (QED) is 0.300. The third-order valence-corrected chi connectivity index (χ3v) is 5.41. The first-order chi connectivity index (χ1) is 17.4.